The molecular weight excluding hydrogens is 433 g/mol. The normalized spacial score (nSPS) is 26.1. The number of hydrogen-bond acceptors (Lipinski definition) is 4. The zero-order valence-electron chi connectivity index (χ0n) is 18.7. The molecule has 0 radical (unpaired) electrons. The van der Waals surface area contributed by atoms with Crippen molar-refractivity contribution in [3.63, 3.8) is 0 Å². The number of pyridine rings is 1. The second kappa shape index (κ2) is 8.35. The average molecular weight is 465 g/mol. The summed E-state index contributed by atoms with van der Waals surface area (Å²) < 4.78 is 41.4. The highest BCUT2D eigenvalue weighted by atomic mass is 32.2. The molecule has 2 saturated heterocycles. The molecule has 3 aliphatic rings. The van der Waals surface area contributed by atoms with Crippen LogP contribution in [0.25, 0.3) is 11.4 Å². The van der Waals surface area contributed by atoms with Crippen molar-refractivity contribution in [3.8, 4) is 11.4 Å². The lowest BCUT2D eigenvalue weighted by molar-refractivity contribution is -0.141. The number of thioether (sulfide) groups is 1. The Bertz CT molecular complexity index is 956. The number of hydrogen-bond donors (Lipinski definition) is 0. The Morgan fingerprint density at radius 1 is 1.09 bits per heavy atom. The molecule has 8 heteroatoms. The molecule has 2 aromatic heterocycles. The molecule has 0 bridgehead atoms. The summed E-state index contributed by atoms with van der Waals surface area (Å²) in [6, 6.07) is 6.77. The van der Waals surface area contributed by atoms with Gasteiger partial charge in [-0.05, 0) is 94.2 Å². The molecule has 4 heterocycles. The fourth-order valence-corrected chi connectivity index (χ4v) is 6.95. The Morgan fingerprint density at radius 2 is 1.84 bits per heavy atom. The van der Waals surface area contributed by atoms with Gasteiger partial charge in [0.05, 0.1) is 5.69 Å². The van der Waals surface area contributed by atoms with Crippen LogP contribution in [0.4, 0.5) is 13.2 Å². The average Bonchev–Trinajstić information content (AvgIpc) is 3.40. The third-order valence-electron chi connectivity index (χ3n) is 7.57. The fourth-order valence-electron chi connectivity index (χ4n) is 5.59. The fraction of sp³-hybridized carbons (Fsp3) is 0.667. The van der Waals surface area contributed by atoms with Crippen molar-refractivity contribution in [1.29, 1.82) is 0 Å². The molecule has 0 N–H and O–H groups in total. The van der Waals surface area contributed by atoms with Crippen molar-refractivity contribution in [2.75, 3.05) is 24.6 Å². The molecule has 2 aromatic rings. The Labute approximate surface area is 192 Å². The van der Waals surface area contributed by atoms with Gasteiger partial charge in [0.2, 0.25) is 0 Å². The van der Waals surface area contributed by atoms with E-state index in [4.69, 9.17) is 5.10 Å². The van der Waals surface area contributed by atoms with Crippen LogP contribution in [0, 0.1) is 5.41 Å². The molecule has 32 heavy (non-hydrogen) atoms. The Morgan fingerprint density at radius 3 is 2.47 bits per heavy atom. The molecule has 0 amide bonds. The Hall–Kier alpha value is -1.54. The summed E-state index contributed by atoms with van der Waals surface area (Å²) in [7, 11) is 0. The van der Waals surface area contributed by atoms with Gasteiger partial charge >= 0.3 is 6.18 Å². The van der Waals surface area contributed by atoms with E-state index in [1.165, 1.54) is 49.9 Å². The predicted molar refractivity (Wildman–Crippen MR) is 122 cm³/mol. The Kier molecular flexibility index (Phi) is 5.81. The maximum atomic E-state index is 13.1. The van der Waals surface area contributed by atoms with E-state index in [1.54, 1.807) is 6.07 Å². The number of piperidine rings is 1. The van der Waals surface area contributed by atoms with Crippen LogP contribution in [0.2, 0.25) is 0 Å². The van der Waals surface area contributed by atoms with E-state index in [0.29, 0.717) is 23.1 Å². The SMILES string of the molecule is CC(C)n1nc(-c2cccc(C(F)(F)F)n2)cc1C1CCC(N2CCC3(CC2)CSC3)C1. The second-order valence-corrected chi connectivity index (χ2v) is 11.1. The number of alkyl halides is 3. The van der Waals surface area contributed by atoms with Gasteiger partial charge in [0, 0.05) is 23.7 Å². The lowest BCUT2D eigenvalue weighted by atomic mass is 9.80. The maximum absolute atomic E-state index is 13.1. The van der Waals surface area contributed by atoms with Gasteiger partial charge in [-0.3, -0.25) is 4.68 Å². The predicted octanol–water partition coefficient (Wildman–Crippen LogP) is 6.01. The summed E-state index contributed by atoms with van der Waals surface area (Å²) in [5.41, 5.74) is 1.72. The molecule has 5 rings (SSSR count). The molecule has 2 unspecified atom stereocenters. The minimum absolute atomic E-state index is 0.148. The highest BCUT2D eigenvalue weighted by Crippen LogP contribution is 2.47. The zero-order valence-corrected chi connectivity index (χ0v) is 19.6. The monoisotopic (exact) mass is 464 g/mol. The standard InChI is InChI=1S/C24H31F3N4S/c1-16(2)31-21(13-20(29-31)19-4-3-5-22(28-19)24(25,26)27)17-6-7-18(12-17)30-10-8-23(9-11-30)14-32-15-23/h3-5,13,16-18H,6-12,14-15H2,1-2H3. The van der Waals surface area contributed by atoms with E-state index in [0.717, 1.165) is 24.6 Å². The van der Waals surface area contributed by atoms with E-state index >= 15 is 0 Å². The molecule has 1 spiro atoms. The highest BCUT2D eigenvalue weighted by Gasteiger charge is 2.43. The first kappa shape index (κ1) is 22.3. The van der Waals surface area contributed by atoms with E-state index in [1.807, 2.05) is 10.7 Å². The third-order valence-corrected chi connectivity index (χ3v) is 9.20. The Balaban J connectivity index is 1.33. The number of likely N-dealkylation sites (tertiary alicyclic amines) is 1. The highest BCUT2D eigenvalue weighted by molar-refractivity contribution is 8.00. The molecule has 2 atom stereocenters. The lowest BCUT2D eigenvalue weighted by Gasteiger charge is -2.48. The largest absolute Gasteiger partial charge is 0.433 e. The van der Waals surface area contributed by atoms with Crippen molar-refractivity contribution < 1.29 is 13.2 Å². The van der Waals surface area contributed by atoms with Crippen LogP contribution in [-0.4, -0.2) is 50.3 Å². The summed E-state index contributed by atoms with van der Waals surface area (Å²) in [6.07, 6.45) is 1.61. The molecule has 174 valence electrons. The van der Waals surface area contributed by atoms with Gasteiger partial charge in [-0.2, -0.15) is 30.0 Å². The number of nitrogens with zero attached hydrogens (tertiary/aromatic N) is 4. The molecular formula is C24H31F3N4S. The first-order valence-electron chi connectivity index (χ1n) is 11.7. The van der Waals surface area contributed by atoms with Crippen LogP contribution in [0.3, 0.4) is 0 Å². The van der Waals surface area contributed by atoms with Crippen molar-refractivity contribution in [3.05, 3.63) is 35.7 Å². The molecule has 4 nitrogen and oxygen atoms in total. The van der Waals surface area contributed by atoms with Gasteiger partial charge < -0.3 is 4.90 Å². The quantitative estimate of drug-likeness (QED) is 0.555. The van der Waals surface area contributed by atoms with Crippen LogP contribution in [0.1, 0.15) is 69.3 Å². The first-order valence-corrected chi connectivity index (χ1v) is 12.9. The van der Waals surface area contributed by atoms with Crippen molar-refractivity contribution >= 4 is 11.8 Å². The van der Waals surface area contributed by atoms with Gasteiger partial charge in [0.25, 0.3) is 0 Å². The first-order chi connectivity index (χ1) is 15.2. The molecule has 1 aliphatic carbocycles. The maximum Gasteiger partial charge on any atom is 0.433 e. The topological polar surface area (TPSA) is 34.0 Å². The summed E-state index contributed by atoms with van der Waals surface area (Å²) in [5.74, 6) is 3.08. The lowest BCUT2D eigenvalue weighted by Crippen LogP contribution is -2.49. The summed E-state index contributed by atoms with van der Waals surface area (Å²) in [6.45, 7) is 6.57. The van der Waals surface area contributed by atoms with E-state index in [9.17, 15) is 13.2 Å². The van der Waals surface area contributed by atoms with E-state index < -0.39 is 11.9 Å². The molecule has 3 fully saturated rings. The van der Waals surface area contributed by atoms with Crippen LogP contribution >= 0.6 is 11.8 Å². The summed E-state index contributed by atoms with van der Waals surface area (Å²) >= 11 is 2.08. The van der Waals surface area contributed by atoms with Crippen molar-refractivity contribution in [2.24, 2.45) is 5.41 Å². The minimum atomic E-state index is -4.46. The summed E-state index contributed by atoms with van der Waals surface area (Å²) in [5, 5.41) is 4.69. The third kappa shape index (κ3) is 4.20. The second-order valence-electron chi connectivity index (χ2n) is 10.1. The van der Waals surface area contributed by atoms with Crippen molar-refractivity contribution in [1.82, 2.24) is 19.7 Å². The van der Waals surface area contributed by atoms with Crippen molar-refractivity contribution in [2.45, 2.75) is 70.1 Å². The van der Waals surface area contributed by atoms with Gasteiger partial charge in [-0.1, -0.05) is 6.07 Å². The van der Waals surface area contributed by atoms with Gasteiger partial charge in [0.1, 0.15) is 11.4 Å². The van der Waals surface area contributed by atoms with Gasteiger partial charge in [-0.25, -0.2) is 4.98 Å². The number of rotatable bonds is 4. The zero-order chi connectivity index (χ0) is 22.5. The van der Waals surface area contributed by atoms with Crippen LogP contribution in [0.5, 0.6) is 0 Å². The molecule has 2 aliphatic heterocycles. The van der Waals surface area contributed by atoms with E-state index in [2.05, 4.69) is 35.5 Å². The smallest absolute Gasteiger partial charge is 0.300 e. The number of halogens is 3. The number of aromatic nitrogens is 3. The van der Waals surface area contributed by atoms with Crippen LogP contribution in [0.15, 0.2) is 24.3 Å². The van der Waals surface area contributed by atoms with Crippen LogP contribution in [-0.2, 0) is 6.18 Å². The molecule has 0 aromatic carbocycles. The minimum Gasteiger partial charge on any atom is -0.300 e. The van der Waals surface area contributed by atoms with Crippen LogP contribution < -0.4 is 0 Å². The summed E-state index contributed by atoms with van der Waals surface area (Å²) in [4.78, 5) is 6.55. The van der Waals surface area contributed by atoms with Gasteiger partial charge in [-0.15, -0.1) is 0 Å². The van der Waals surface area contributed by atoms with Gasteiger partial charge in [0.15, 0.2) is 0 Å². The molecule has 1 saturated carbocycles. The van der Waals surface area contributed by atoms with E-state index in [-0.39, 0.29) is 11.7 Å².